The van der Waals surface area contributed by atoms with E-state index in [1.165, 1.54) is 6.07 Å². The molecule has 6 heteroatoms. The molecule has 0 aromatic heterocycles. The molecule has 0 bridgehead atoms. The third-order valence-corrected chi connectivity index (χ3v) is 3.22. The number of halogens is 1. The van der Waals surface area contributed by atoms with Gasteiger partial charge in [-0.15, -0.1) is 0 Å². The number of carbonyl (C=O) groups excluding carboxylic acids is 2. The molecule has 110 valence electrons. The summed E-state index contributed by atoms with van der Waals surface area (Å²) in [6.07, 6.45) is 2.03. The van der Waals surface area contributed by atoms with Crippen LogP contribution in [0.2, 0.25) is 5.02 Å². The molecular formula is C15H16ClN3O2. The van der Waals surface area contributed by atoms with Crippen molar-refractivity contribution in [2.75, 3.05) is 13.1 Å². The van der Waals surface area contributed by atoms with Crippen LogP contribution in [0.1, 0.15) is 28.8 Å². The van der Waals surface area contributed by atoms with Crippen LogP contribution in [0, 0.1) is 11.8 Å². The zero-order valence-corrected chi connectivity index (χ0v) is 12.2. The second-order valence-corrected chi connectivity index (χ2v) is 5.13. The van der Waals surface area contributed by atoms with Gasteiger partial charge in [-0.25, -0.2) is 0 Å². The molecule has 5 nitrogen and oxygen atoms in total. The molecular weight excluding hydrogens is 290 g/mol. The molecule has 0 aliphatic heterocycles. The van der Waals surface area contributed by atoms with Crippen molar-refractivity contribution in [1.82, 2.24) is 10.6 Å². The fourth-order valence-electron chi connectivity index (χ4n) is 1.67. The van der Waals surface area contributed by atoms with E-state index in [1.807, 2.05) is 0 Å². The largest absolute Gasteiger partial charge is 0.352 e. The molecule has 1 aliphatic rings. The molecule has 1 fully saturated rings. The van der Waals surface area contributed by atoms with E-state index in [2.05, 4.69) is 22.5 Å². The summed E-state index contributed by atoms with van der Waals surface area (Å²) >= 11 is 6.05. The fourth-order valence-corrected chi connectivity index (χ4v) is 1.90. The molecule has 1 aliphatic carbocycles. The Balaban J connectivity index is 1.92. The van der Waals surface area contributed by atoms with Crippen LogP contribution >= 0.6 is 11.6 Å². The molecule has 0 spiro atoms. The Labute approximate surface area is 128 Å². The van der Waals surface area contributed by atoms with Crippen molar-refractivity contribution >= 4 is 23.4 Å². The van der Waals surface area contributed by atoms with Gasteiger partial charge in [0.25, 0.3) is 5.91 Å². The molecule has 2 rings (SSSR count). The van der Waals surface area contributed by atoms with Crippen molar-refractivity contribution in [3.8, 4) is 11.8 Å². The predicted molar refractivity (Wildman–Crippen MR) is 80.9 cm³/mol. The Morgan fingerprint density at radius 3 is 2.76 bits per heavy atom. The second-order valence-electron chi connectivity index (χ2n) is 4.72. The Kier molecular flexibility index (Phi) is 5.20. The molecule has 0 saturated heterocycles. The lowest BCUT2D eigenvalue weighted by Crippen LogP contribution is -2.37. The van der Waals surface area contributed by atoms with Crippen LogP contribution in [0.3, 0.4) is 0 Å². The summed E-state index contributed by atoms with van der Waals surface area (Å²) in [5.41, 5.74) is 6.30. The van der Waals surface area contributed by atoms with Gasteiger partial charge in [-0.2, -0.15) is 0 Å². The maximum atomic E-state index is 11.9. The van der Waals surface area contributed by atoms with Gasteiger partial charge in [0.2, 0.25) is 5.91 Å². The van der Waals surface area contributed by atoms with Gasteiger partial charge in [0, 0.05) is 17.2 Å². The topological polar surface area (TPSA) is 84.2 Å². The molecule has 0 radical (unpaired) electrons. The van der Waals surface area contributed by atoms with Crippen molar-refractivity contribution in [2.24, 2.45) is 5.73 Å². The predicted octanol–water partition coefficient (Wildman–Crippen LogP) is 0.659. The third kappa shape index (κ3) is 4.78. The minimum atomic E-state index is -0.346. The van der Waals surface area contributed by atoms with E-state index >= 15 is 0 Å². The highest BCUT2D eigenvalue weighted by atomic mass is 35.5. The molecule has 2 amide bonds. The van der Waals surface area contributed by atoms with Crippen LogP contribution < -0.4 is 16.4 Å². The first-order valence-corrected chi connectivity index (χ1v) is 7.04. The quantitative estimate of drug-likeness (QED) is 0.715. The van der Waals surface area contributed by atoms with Crippen LogP contribution in [-0.2, 0) is 4.79 Å². The highest BCUT2D eigenvalue weighted by Crippen LogP contribution is 2.18. The number of rotatable bonds is 4. The number of nitrogens with two attached hydrogens (primary N) is 1. The summed E-state index contributed by atoms with van der Waals surface area (Å²) < 4.78 is 0. The van der Waals surface area contributed by atoms with Gasteiger partial charge < -0.3 is 16.4 Å². The molecule has 0 atom stereocenters. The van der Waals surface area contributed by atoms with E-state index in [-0.39, 0.29) is 30.9 Å². The van der Waals surface area contributed by atoms with E-state index in [0.29, 0.717) is 16.1 Å². The van der Waals surface area contributed by atoms with Crippen molar-refractivity contribution in [1.29, 1.82) is 0 Å². The lowest BCUT2D eigenvalue weighted by Gasteiger charge is -2.06. The molecule has 0 heterocycles. The van der Waals surface area contributed by atoms with Crippen LogP contribution in [-0.4, -0.2) is 30.9 Å². The van der Waals surface area contributed by atoms with E-state index in [1.54, 1.807) is 12.1 Å². The van der Waals surface area contributed by atoms with E-state index in [4.69, 9.17) is 17.3 Å². The Bertz CT molecular complexity index is 615. The maximum Gasteiger partial charge on any atom is 0.251 e. The minimum absolute atomic E-state index is 0.0400. The van der Waals surface area contributed by atoms with Crippen molar-refractivity contribution < 1.29 is 9.59 Å². The third-order valence-electron chi connectivity index (χ3n) is 2.91. The second kappa shape index (κ2) is 7.11. The molecule has 21 heavy (non-hydrogen) atoms. The molecule has 1 aromatic rings. The molecule has 1 aromatic carbocycles. The summed E-state index contributed by atoms with van der Waals surface area (Å²) in [6, 6.07) is 5.07. The molecule has 4 N–H and O–H groups in total. The first-order chi connectivity index (χ1) is 10.1. The monoisotopic (exact) mass is 305 g/mol. The van der Waals surface area contributed by atoms with Gasteiger partial charge >= 0.3 is 0 Å². The minimum Gasteiger partial charge on any atom is -0.352 e. The first-order valence-electron chi connectivity index (χ1n) is 6.66. The van der Waals surface area contributed by atoms with E-state index in [9.17, 15) is 9.59 Å². The van der Waals surface area contributed by atoms with E-state index in [0.717, 1.165) is 12.8 Å². The fraction of sp³-hybridized carbons (Fsp3) is 0.333. The summed E-state index contributed by atoms with van der Waals surface area (Å²) in [5.74, 6) is 4.99. The summed E-state index contributed by atoms with van der Waals surface area (Å²) in [5, 5.41) is 5.73. The van der Waals surface area contributed by atoms with Crippen molar-refractivity contribution in [3.63, 3.8) is 0 Å². The summed E-state index contributed by atoms with van der Waals surface area (Å²) in [4.78, 5) is 23.4. The molecule has 0 unspecified atom stereocenters. The average molecular weight is 306 g/mol. The van der Waals surface area contributed by atoms with Crippen LogP contribution in [0.25, 0.3) is 0 Å². The Hall–Kier alpha value is -2.03. The van der Waals surface area contributed by atoms with Crippen LogP contribution in [0.5, 0.6) is 0 Å². The van der Waals surface area contributed by atoms with E-state index < -0.39 is 0 Å². The highest BCUT2D eigenvalue weighted by Gasteiger charge is 2.23. The van der Waals surface area contributed by atoms with Crippen LogP contribution in [0.15, 0.2) is 18.2 Å². The van der Waals surface area contributed by atoms with Crippen molar-refractivity contribution in [2.45, 2.75) is 18.9 Å². The number of nitrogens with one attached hydrogen (secondary N) is 2. The summed E-state index contributed by atoms with van der Waals surface area (Å²) in [6.45, 7) is 0.205. The standard InChI is InChI=1S/C15H16ClN3O2/c16-13-8-11(4-3-10(13)2-1-7-17)15(21)18-9-14(20)19-12-5-6-12/h3-4,8,12H,5-7,9,17H2,(H,18,21)(H,19,20). The zero-order valence-electron chi connectivity index (χ0n) is 11.4. The smallest absolute Gasteiger partial charge is 0.251 e. The molecule has 1 saturated carbocycles. The number of hydrogen-bond acceptors (Lipinski definition) is 3. The number of carbonyl (C=O) groups is 2. The first kappa shape index (κ1) is 15.4. The van der Waals surface area contributed by atoms with Gasteiger partial charge in [0.1, 0.15) is 0 Å². The zero-order chi connectivity index (χ0) is 15.2. The lowest BCUT2D eigenvalue weighted by molar-refractivity contribution is -0.120. The van der Waals surface area contributed by atoms with Crippen LogP contribution in [0.4, 0.5) is 0 Å². The van der Waals surface area contributed by atoms with Gasteiger partial charge in [-0.1, -0.05) is 23.4 Å². The number of benzene rings is 1. The SMILES string of the molecule is NCC#Cc1ccc(C(=O)NCC(=O)NC2CC2)cc1Cl. The number of hydrogen-bond donors (Lipinski definition) is 3. The maximum absolute atomic E-state index is 11.9. The van der Waals surface area contributed by atoms with Gasteiger partial charge in [0.05, 0.1) is 18.1 Å². The van der Waals surface area contributed by atoms with Gasteiger partial charge in [-0.05, 0) is 31.0 Å². The van der Waals surface area contributed by atoms with Crippen molar-refractivity contribution in [3.05, 3.63) is 34.3 Å². The average Bonchev–Trinajstić information content (AvgIpc) is 3.27. The Morgan fingerprint density at radius 2 is 2.14 bits per heavy atom. The lowest BCUT2D eigenvalue weighted by atomic mass is 10.1. The normalized spacial score (nSPS) is 13.0. The highest BCUT2D eigenvalue weighted by molar-refractivity contribution is 6.32. The van der Waals surface area contributed by atoms with Gasteiger partial charge in [0.15, 0.2) is 0 Å². The van der Waals surface area contributed by atoms with Gasteiger partial charge in [-0.3, -0.25) is 9.59 Å². The number of amides is 2. The Morgan fingerprint density at radius 1 is 1.38 bits per heavy atom. The summed E-state index contributed by atoms with van der Waals surface area (Å²) in [7, 11) is 0.